The van der Waals surface area contributed by atoms with E-state index >= 15 is 0 Å². The molecule has 2 aromatic carbocycles. The summed E-state index contributed by atoms with van der Waals surface area (Å²) in [7, 11) is 0. The molecule has 1 amide bonds. The van der Waals surface area contributed by atoms with Crippen LogP contribution in [0.5, 0.6) is 0 Å². The molecule has 150 valence electrons. The van der Waals surface area contributed by atoms with E-state index < -0.39 is 5.82 Å². The molecule has 1 saturated carbocycles. The highest BCUT2D eigenvalue weighted by atomic mass is 19.1. The van der Waals surface area contributed by atoms with Crippen molar-refractivity contribution < 1.29 is 13.7 Å². The predicted octanol–water partition coefficient (Wildman–Crippen LogP) is 5.16. The van der Waals surface area contributed by atoms with Gasteiger partial charge in [0.25, 0.3) is 5.91 Å². The SMILES string of the molecule is Cc1cccc(-c2noc(CN(C(=O)c3cccc(F)c3)C3CCCCC3)n2)c1. The Kier molecular flexibility index (Phi) is 5.69. The molecule has 29 heavy (non-hydrogen) atoms. The van der Waals surface area contributed by atoms with E-state index in [1.54, 1.807) is 17.0 Å². The van der Waals surface area contributed by atoms with Gasteiger partial charge in [-0.3, -0.25) is 4.79 Å². The highest BCUT2D eigenvalue weighted by Gasteiger charge is 2.28. The van der Waals surface area contributed by atoms with Crippen LogP contribution in [0, 0.1) is 12.7 Å². The molecule has 3 aromatic rings. The highest BCUT2D eigenvalue weighted by Crippen LogP contribution is 2.26. The van der Waals surface area contributed by atoms with Gasteiger partial charge >= 0.3 is 0 Å². The first-order chi connectivity index (χ1) is 14.1. The van der Waals surface area contributed by atoms with E-state index in [-0.39, 0.29) is 18.5 Å². The maximum Gasteiger partial charge on any atom is 0.254 e. The van der Waals surface area contributed by atoms with Crippen molar-refractivity contribution in [3.8, 4) is 11.4 Å². The summed E-state index contributed by atoms with van der Waals surface area (Å²) in [6, 6.07) is 13.8. The van der Waals surface area contributed by atoms with Gasteiger partial charge in [0.15, 0.2) is 0 Å². The average molecular weight is 393 g/mol. The first kappa shape index (κ1) is 19.3. The molecular weight excluding hydrogens is 369 g/mol. The Morgan fingerprint density at radius 1 is 1.14 bits per heavy atom. The average Bonchev–Trinajstić information content (AvgIpc) is 3.21. The minimum atomic E-state index is -0.418. The van der Waals surface area contributed by atoms with E-state index in [4.69, 9.17) is 4.52 Å². The summed E-state index contributed by atoms with van der Waals surface area (Å²) in [5.74, 6) is 0.271. The fourth-order valence-corrected chi connectivity index (χ4v) is 3.91. The highest BCUT2D eigenvalue weighted by molar-refractivity contribution is 5.94. The fraction of sp³-hybridized carbons (Fsp3) is 0.348. The third kappa shape index (κ3) is 4.53. The molecule has 0 radical (unpaired) electrons. The lowest BCUT2D eigenvalue weighted by Crippen LogP contribution is -2.41. The molecule has 0 aliphatic heterocycles. The molecule has 0 atom stereocenters. The van der Waals surface area contributed by atoms with Gasteiger partial charge in [-0.15, -0.1) is 0 Å². The number of aryl methyl sites for hydroxylation is 1. The largest absolute Gasteiger partial charge is 0.337 e. The number of hydrogen-bond acceptors (Lipinski definition) is 4. The van der Waals surface area contributed by atoms with Gasteiger partial charge in [-0.1, -0.05) is 54.2 Å². The number of benzene rings is 2. The standard InChI is InChI=1S/C23H24FN3O2/c1-16-7-5-8-17(13-16)22-25-21(29-26-22)15-27(20-11-3-2-4-12-20)23(28)18-9-6-10-19(24)14-18/h5-10,13-14,20H,2-4,11-12,15H2,1H3. The lowest BCUT2D eigenvalue weighted by atomic mass is 9.93. The second-order valence-corrected chi connectivity index (χ2v) is 7.62. The summed E-state index contributed by atoms with van der Waals surface area (Å²) in [6.07, 6.45) is 5.20. The van der Waals surface area contributed by atoms with Crippen LogP contribution >= 0.6 is 0 Å². The monoisotopic (exact) mass is 393 g/mol. The van der Waals surface area contributed by atoms with Crippen molar-refractivity contribution in [3.63, 3.8) is 0 Å². The summed E-state index contributed by atoms with van der Waals surface area (Å²) in [5, 5.41) is 4.09. The van der Waals surface area contributed by atoms with E-state index in [1.807, 2.05) is 31.2 Å². The van der Waals surface area contributed by atoms with Gasteiger partial charge in [0.05, 0.1) is 0 Å². The van der Waals surface area contributed by atoms with E-state index in [0.29, 0.717) is 17.3 Å². The van der Waals surface area contributed by atoms with Crippen LogP contribution in [-0.2, 0) is 6.54 Å². The summed E-state index contributed by atoms with van der Waals surface area (Å²) < 4.78 is 19.1. The second-order valence-electron chi connectivity index (χ2n) is 7.62. The Bertz CT molecular complexity index is 995. The maximum atomic E-state index is 13.7. The Morgan fingerprint density at radius 2 is 1.93 bits per heavy atom. The Balaban J connectivity index is 1.59. The van der Waals surface area contributed by atoms with E-state index in [2.05, 4.69) is 10.1 Å². The van der Waals surface area contributed by atoms with Gasteiger partial charge < -0.3 is 9.42 Å². The van der Waals surface area contributed by atoms with Crippen LogP contribution in [0.4, 0.5) is 4.39 Å². The first-order valence-corrected chi connectivity index (χ1v) is 10.1. The number of amides is 1. The molecule has 1 fully saturated rings. The van der Waals surface area contributed by atoms with Crippen LogP contribution < -0.4 is 0 Å². The van der Waals surface area contributed by atoms with E-state index in [0.717, 1.165) is 36.8 Å². The maximum absolute atomic E-state index is 13.7. The van der Waals surface area contributed by atoms with Crippen molar-refractivity contribution in [3.05, 3.63) is 71.4 Å². The molecule has 0 saturated heterocycles. The van der Waals surface area contributed by atoms with Gasteiger partial charge in [-0.05, 0) is 44.0 Å². The second kappa shape index (κ2) is 8.55. The molecule has 0 bridgehead atoms. The predicted molar refractivity (Wildman–Crippen MR) is 108 cm³/mol. The van der Waals surface area contributed by atoms with Gasteiger partial charge in [0.2, 0.25) is 11.7 Å². The van der Waals surface area contributed by atoms with Crippen molar-refractivity contribution >= 4 is 5.91 Å². The number of hydrogen-bond donors (Lipinski definition) is 0. The molecule has 0 spiro atoms. The van der Waals surface area contributed by atoms with Gasteiger partial charge in [-0.25, -0.2) is 4.39 Å². The minimum absolute atomic E-state index is 0.0915. The van der Waals surface area contributed by atoms with Crippen LogP contribution in [0.25, 0.3) is 11.4 Å². The minimum Gasteiger partial charge on any atom is -0.337 e. The van der Waals surface area contributed by atoms with Gasteiger partial charge in [-0.2, -0.15) is 4.98 Å². The van der Waals surface area contributed by atoms with Crippen LogP contribution in [0.2, 0.25) is 0 Å². The molecule has 1 aliphatic carbocycles. The number of halogens is 1. The summed E-state index contributed by atoms with van der Waals surface area (Å²) in [4.78, 5) is 19.5. The molecule has 1 aliphatic rings. The van der Waals surface area contributed by atoms with E-state index in [9.17, 15) is 9.18 Å². The van der Waals surface area contributed by atoms with Crippen molar-refractivity contribution in [1.29, 1.82) is 0 Å². The lowest BCUT2D eigenvalue weighted by molar-refractivity contribution is 0.0585. The zero-order valence-electron chi connectivity index (χ0n) is 16.5. The summed E-state index contributed by atoms with van der Waals surface area (Å²) >= 11 is 0. The normalized spacial score (nSPS) is 14.7. The van der Waals surface area contributed by atoms with Gasteiger partial charge in [0.1, 0.15) is 12.4 Å². The third-order valence-corrected chi connectivity index (χ3v) is 5.40. The molecule has 6 heteroatoms. The van der Waals surface area contributed by atoms with Crippen molar-refractivity contribution in [1.82, 2.24) is 15.0 Å². The smallest absolute Gasteiger partial charge is 0.254 e. The Labute approximate surface area is 169 Å². The number of nitrogens with zero attached hydrogens (tertiary/aromatic N) is 3. The third-order valence-electron chi connectivity index (χ3n) is 5.40. The Hall–Kier alpha value is -3.02. The van der Waals surface area contributed by atoms with Crippen molar-refractivity contribution in [2.24, 2.45) is 0 Å². The number of rotatable bonds is 5. The van der Waals surface area contributed by atoms with Gasteiger partial charge in [0, 0.05) is 17.2 Å². The number of carbonyl (C=O) groups excluding carboxylic acids is 1. The van der Waals surface area contributed by atoms with Crippen LogP contribution in [0.1, 0.15) is 53.9 Å². The zero-order chi connectivity index (χ0) is 20.2. The molecule has 4 rings (SSSR count). The molecule has 1 aromatic heterocycles. The van der Waals surface area contributed by atoms with Crippen molar-refractivity contribution in [2.75, 3.05) is 0 Å². The lowest BCUT2D eigenvalue weighted by Gasteiger charge is -2.33. The van der Waals surface area contributed by atoms with Crippen LogP contribution in [-0.4, -0.2) is 27.0 Å². The van der Waals surface area contributed by atoms with Crippen LogP contribution in [0.3, 0.4) is 0 Å². The molecule has 0 N–H and O–H groups in total. The number of carbonyl (C=O) groups is 1. The van der Waals surface area contributed by atoms with Crippen molar-refractivity contribution in [2.45, 2.75) is 51.6 Å². The summed E-state index contributed by atoms with van der Waals surface area (Å²) in [6.45, 7) is 2.23. The van der Waals surface area contributed by atoms with Crippen LogP contribution in [0.15, 0.2) is 53.1 Å². The molecule has 0 unspecified atom stereocenters. The molecular formula is C23H24FN3O2. The number of aromatic nitrogens is 2. The first-order valence-electron chi connectivity index (χ1n) is 10.1. The molecule has 5 nitrogen and oxygen atoms in total. The Morgan fingerprint density at radius 3 is 2.69 bits per heavy atom. The summed E-state index contributed by atoms with van der Waals surface area (Å²) in [5.41, 5.74) is 2.33. The topological polar surface area (TPSA) is 59.2 Å². The fourth-order valence-electron chi connectivity index (χ4n) is 3.91. The quantitative estimate of drug-likeness (QED) is 0.601. The van der Waals surface area contributed by atoms with E-state index in [1.165, 1.54) is 18.6 Å². The molecule has 1 heterocycles. The zero-order valence-corrected chi connectivity index (χ0v) is 16.5.